The van der Waals surface area contributed by atoms with E-state index < -0.39 is 5.60 Å². The number of methoxy groups -OCH3 is 1. The maximum absolute atomic E-state index is 9.99. The Labute approximate surface area is 164 Å². The third kappa shape index (κ3) is 3.07. The molecule has 144 valence electrons. The lowest BCUT2D eigenvalue weighted by molar-refractivity contribution is -0.0235. The van der Waals surface area contributed by atoms with Gasteiger partial charge in [0.1, 0.15) is 11.4 Å². The molecule has 3 aromatic rings. The smallest absolute Gasteiger partial charge is 0.158 e. The Kier molecular flexibility index (Phi) is 3.98. The van der Waals surface area contributed by atoms with Gasteiger partial charge in [0.05, 0.1) is 12.7 Å². The molecule has 2 heterocycles. The van der Waals surface area contributed by atoms with E-state index in [0.717, 1.165) is 27.8 Å². The molecule has 2 N–H and O–H groups in total. The third-order valence-electron chi connectivity index (χ3n) is 5.82. The van der Waals surface area contributed by atoms with Gasteiger partial charge in [0, 0.05) is 34.8 Å². The molecule has 0 radical (unpaired) electrons. The van der Waals surface area contributed by atoms with Gasteiger partial charge < -0.3 is 15.2 Å². The van der Waals surface area contributed by atoms with Crippen LogP contribution in [0.15, 0.2) is 36.7 Å². The molecule has 0 spiro atoms. The molecule has 0 amide bonds. The van der Waals surface area contributed by atoms with Gasteiger partial charge in [0.2, 0.25) is 0 Å². The van der Waals surface area contributed by atoms with Crippen LogP contribution in [0.5, 0.6) is 5.75 Å². The van der Waals surface area contributed by atoms with Crippen molar-refractivity contribution in [2.45, 2.75) is 50.2 Å². The van der Waals surface area contributed by atoms with Gasteiger partial charge in [-0.25, -0.2) is 0 Å². The molecule has 0 bridgehead atoms. The van der Waals surface area contributed by atoms with Gasteiger partial charge in [-0.3, -0.25) is 4.98 Å². The van der Waals surface area contributed by atoms with Crippen molar-refractivity contribution in [1.82, 2.24) is 15.2 Å². The number of aromatic nitrogens is 3. The molecule has 2 fully saturated rings. The number of ether oxygens (including phenoxy) is 1. The van der Waals surface area contributed by atoms with Gasteiger partial charge in [-0.05, 0) is 62.3 Å². The van der Waals surface area contributed by atoms with E-state index in [0.29, 0.717) is 24.6 Å². The third-order valence-corrected chi connectivity index (χ3v) is 5.82. The number of nitrogens with one attached hydrogen (secondary N) is 1. The van der Waals surface area contributed by atoms with E-state index in [2.05, 4.69) is 38.7 Å². The summed E-state index contributed by atoms with van der Waals surface area (Å²) < 4.78 is 5.68. The summed E-state index contributed by atoms with van der Waals surface area (Å²) in [5.74, 6) is 2.20. The van der Waals surface area contributed by atoms with Gasteiger partial charge in [-0.2, -0.15) is 0 Å². The lowest BCUT2D eigenvalue weighted by Crippen LogP contribution is -2.48. The molecule has 2 aromatic heterocycles. The van der Waals surface area contributed by atoms with E-state index in [-0.39, 0.29) is 6.04 Å². The normalized spacial score (nSPS) is 24.0. The molecule has 0 aliphatic heterocycles. The Morgan fingerprint density at radius 2 is 1.96 bits per heavy atom. The number of nitrogens with zero attached hydrogens (tertiary/aromatic N) is 3. The highest BCUT2D eigenvalue weighted by Gasteiger charge is 2.38. The first-order valence-corrected chi connectivity index (χ1v) is 9.82. The number of fused-ring (bicyclic) bond motifs is 1. The van der Waals surface area contributed by atoms with E-state index in [9.17, 15) is 5.11 Å². The first kappa shape index (κ1) is 17.4. The summed E-state index contributed by atoms with van der Waals surface area (Å²) in [7, 11) is 1.70. The summed E-state index contributed by atoms with van der Waals surface area (Å²) in [6, 6.07) is 8.56. The first-order chi connectivity index (χ1) is 13.5. The van der Waals surface area contributed by atoms with Crippen molar-refractivity contribution in [3.8, 4) is 17.0 Å². The number of aliphatic hydroxyl groups is 1. The minimum atomic E-state index is -0.588. The van der Waals surface area contributed by atoms with Crippen molar-refractivity contribution < 1.29 is 9.84 Å². The predicted octanol–water partition coefficient (Wildman–Crippen LogP) is 3.90. The second-order valence-corrected chi connectivity index (χ2v) is 8.30. The number of pyridine rings is 1. The quantitative estimate of drug-likeness (QED) is 0.703. The summed E-state index contributed by atoms with van der Waals surface area (Å²) in [4.78, 5) is 4.29. The lowest BCUT2D eigenvalue weighted by Gasteiger charge is -2.41. The first-order valence-electron chi connectivity index (χ1n) is 9.82. The second kappa shape index (κ2) is 6.41. The van der Waals surface area contributed by atoms with Crippen molar-refractivity contribution >= 4 is 16.6 Å². The maximum atomic E-state index is 9.99. The maximum Gasteiger partial charge on any atom is 0.158 e. The molecule has 6 heteroatoms. The van der Waals surface area contributed by atoms with Crippen LogP contribution >= 0.6 is 0 Å². The number of hydrogen-bond acceptors (Lipinski definition) is 6. The Morgan fingerprint density at radius 1 is 1.14 bits per heavy atom. The molecular formula is C22H24N4O2. The van der Waals surface area contributed by atoms with Crippen molar-refractivity contribution in [2.24, 2.45) is 0 Å². The largest absolute Gasteiger partial charge is 0.496 e. The average molecular weight is 376 g/mol. The number of anilines is 1. The number of rotatable bonds is 5. The van der Waals surface area contributed by atoms with E-state index >= 15 is 0 Å². The van der Waals surface area contributed by atoms with Gasteiger partial charge >= 0.3 is 0 Å². The van der Waals surface area contributed by atoms with Crippen LogP contribution in [-0.4, -0.2) is 39.0 Å². The van der Waals surface area contributed by atoms with Gasteiger partial charge in [0.25, 0.3) is 0 Å². The Hall–Kier alpha value is -2.73. The Morgan fingerprint density at radius 3 is 2.68 bits per heavy atom. The molecular weight excluding hydrogens is 352 g/mol. The van der Waals surface area contributed by atoms with Crippen LogP contribution in [0.1, 0.15) is 44.1 Å². The zero-order valence-corrected chi connectivity index (χ0v) is 16.1. The van der Waals surface area contributed by atoms with Gasteiger partial charge in [0.15, 0.2) is 5.82 Å². The van der Waals surface area contributed by atoms with Crippen LogP contribution in [0, 0.1) is 0 Å². The van der Waals surface area contributed by atoms with Crippen molar-refractivity contribution in [1.29, 1.82) is 0 Å². The Balaban J connectivity index is 1.55. The molecule has 28 heavy (non-hydrogen) atoms. The fraction of sp³-hybridized carbons (Fsp3) is 0.409. The number of hydrogen-bond donors (Lipinski definition) is 2. The predicted molar refractivity (Wildman–Crippen MR) is 109 cm³/mol. The molecule has 0 saturated heterocycles. The SMILES string of the molecule is COc1cc(C2CC2)ccc1-c1nnc(NC2CC(C)(O)C2)c2cnccc12. The standard InChI is InChI=1S/C22H24N4O2/c1-22(27)10-15(11-22)24-21-18-12-23-8-7-16(18)20(25-26-21)17-6-5-14(13-3-4-13)9-19(17)28-2/h5-9,12-13,15,27H,3-4,10-11H2,1-2H3,(H,24,26). The fourth-order valence-corrected chi connectivity index (χ4v) is 4.17. The topological polar surface area (TPSA) is 80.2 Å². The van der Waals surface area contributed by atoms with E-state index in [1.54, 1.807) is 13.3 Å². The van der Waals surface area contributed by atoms with E-state index in [1.807, 2.05) is 19.2 Å². The number of benzene rings is 1. The fourth-order valence-electron chi connectivity index (χ4n) is 4.17. The molecule has 1 aromatic carbocycles. The molecule has 2 aliphatic carbocycles. The molecule has 2 aliphatic rings. The van der Waals surface area contributed by atoms with Gasteiger partial charge in [-0.15, -0.1) is 10.2 Å². The molecule has 0 unspecified atom stereocenters. The van der Waals surface area contributed by atoms with Crippen LogP contribution in [-0.2, 0) is 0 Å². The van der Waals surface area contributed by atoms with Crippen LogP contribution < -0.4 is 10.1 Å². The minimum Gasteiger partial charge on any atom is -0.496 e. The van der Waals surface area contributed by atoms with Crippen LogP contribution in [0.3, 0.4) is 0 Å². The zero-order chi connectivity index (χ0) is 19.3. The Bertz CT molecular complexity index is 1040. The highest BCUT2D eigenvalue weighted by atomic mass is 16.5. The highest BCUT2D eigenvalue weighted by Crippen LogP contribution is 2.44. The van der Waals surface area contributed by atoms with Gasteiger partial charge in [-0.1, -0.05) is 6.07 Å². The van der Waals surface area contributed by atoms with E-state index in [1.165, 1.54) is 18.4 Å². The zero-order valence-electron chi connectivity index (χ0n) is 16.1. The summed E-state index contributed by atoms with van der Waals surface area (Å²) >= 11 is 0. The van der Waals surface area contributed by atoms with Crippen LogP contribution in [0.4, 0.5) is 5.82 Å². The monoisotopic (exact) mass is 376 g/mol. The summed E-state index contributed by atoms with van der Waals surface area (Å²) in [6.45, 7) is 1.86. The summed E-state index contributed by atoms with van der Waals surface area (Å²) in [6.07, 6.45) is 7.51. The molecule has 5 rings (SSSR count). The van der Waals surface area contributed by atoms with Crippen LogP contribution in [0.25, 0.3) is 22.0 Å². The van der Waals surface area contributed by atoms with Crippen molar-refractivity contribution in [2.75, 3.05) is 12.4 Å². The summed E-state index contributed by atoms with van der Waals surface area (Å²) in [5, 5.41) is 24.3. The van der Waals surface area contributed by atoms with Crippen LogP contribution in [0.2, 0.25) is 0 Å². The van der Waals surface area contributed by atoms with E-state index in [4.69, 9.17) is 4.74 Å². The summed E-state index contributed by atoms with van der Waals surface area (Å²) in [5.41, 5.74) is 2.47. The lowest BCUT2D eigenvalue weighted by atomic mass is 9.77. The average Bonchev–Trinajstić information content (AvgIpc) is 3.52. The molecule has 0 atom stereocenters. The van der Waals surface area contributed by atoms with Crippen molar-refractivity contribution in [3.63, 3.8) is 0 Å². The molecule has 6 nitrogen and oxygen atoms in total. The van der Waals surface area contributed by atoms with Crippen molar-refractivity contribution in [3.05, 3.63) is 42.2 Å². The second-order valence-electron chi connectivity index (χ2n) is 8.30. The minimum absolute atomic E-state index is 0.200. The molecule has 2 saturated carbocycles. The highest BCUT2D eigenvalue weighted by molar-refractivity contribution is 6.00.